The first-order valence-electron chi connectivity index (χ1n) is 5.70. The summed E-state index contributed by atoms with van der Waals surface area (Å²) in [5, 5.41) is 9.95. The van der Waals surface area contributed by atoms with E-state index < -0.39 is 0 Å². The van der Waals surface area contributed by atoms with Gasteiger partial charge < -0.3 is 10.1 Å². The minimum Gasteiger partial charge on any atom is -0.496 e. The minimum absolute atomic E-state index is 0.392. The second-order valence-electron chi connectivity index (χ2n) is 3.83. The van der Waals surface area contributed by atoms with Crippen LogP contribution in [0.2, 0.25) is 0 Å². The molecular weight excluding hydrogens is 250 g/mol. The van der Waals surface area contributed by atoms with Gasteiger partial charge in [0.1, 0.15) is 5.75 Å². The fourth-order valence-corrected chi connectivity index (χ4v) is 3.40. The van der Waals surface area contributed by atoms with Crippen molar-refractivity contribution < 1.29 is 4.74 Å². The Labute approximate surface area is 110 Å². The predicted octanol–water partition coefficient (Wildman–Crippen LogP) is 3.71. The molecule has 0 bridgehead atoms. The Kier molecular flexibility index (Phi) is 4.59. The first-order chi connectivity index (χ1) is 8.33. The van der Waals surface area contributed by atoms with E-state index in [0.29, 0.717) is 6.04 Å². The van der Waals surface area contributed by atoms with E-state index in [1.165, 1.54) is 10.4 Å². The van der Waals surface area contributed by atoms with Crippen LogP contribution in [0, 0.1) is 0 Å². The van der Waals surface area contributed by atoms with Crippen LogP contribution in [-0.2, 0) is 6.42 Å². The number of likely N-dealkylation sites (N-methyl/N-ethyl adjacent to an activating group) is 1. The monoisotopic (exact) mass is 267 g/mol. The van der Waals surface area contributed by atoms with Crippen molar-refractivity contribution in [1.82, 2.24) is 5.32 Å². The van der Waals surface area contributed by atoms with Crippen molar-refractivity contribution in [3.05, 3.63) is 38.7 Å². The van der Waals surface area contributed by atoms with Crippen LogP contribution >= 0.6 is 22.7 Å². The smallest absolute Gasteiger partial charge is 0.129 e. The van der Waals surface area contributed by atoms with Gasteiger partial charge in [-0.05, 0) is 41.4 Å². The van der Waals surface area contributed by atoms with Crippen LogP contribution in [0.1, 0.15) is 23.4 Å². The van der Waals surface area contributed by atoms with E-state index in [-0.39, 0.29) is 0 Å². The van der Waals surface area contributed by atoms with Crippen LogP contribution in [0.3, 0.4) is 0 Å². The van der Waals surface area contributed by atoms with Gasteiger partial charge in [0.05, 0.1) is 7.11 Å². The number of methoxy groups -OCH3 is 1. The minimum atomic E-state index is 0.392. The molecule has 1 N–H and O–H groups in total. The molecule has 2 aromatic heterocycles. The maximum atomic E-state index is 5.24. The number of nitrogens with one attached hydrogen (secondary N) is 1. The summed E-state index contributed by atoms with van der Waals surface area (Å²) < 4.78 is 5.24. The second kappa shape index (κ2) is 6.19. The molecule has 17 heavy (non-hydrogen) atoms. The van der Waals surface area contributed by atoms with Gasteiger partial charge in [-0.25, -0.2) is 0 Å². The van der Waals surface area contributed by atoms with Crippen molar-refractivity contribution in [2.45, 2.75) is 19.4 Å². The van der Waals surface area contributed by atoms with E-state index in [1.807, 2.05) is 0 Å². The second-order valence-corrected chi connectivity index (χ2v) is 5.56. The van der Waals surface area contributed by atoms with E-state index in [0.717, 1.165) is 18.7 Å². The van der Waals surface area contributed by atoms with E-state index in [1.54, 1.807) is 29.8 Å². The van der Waals surface area contributed by atoms with Gasteiger partial charge >= 0.3 is 0 Å². The Morgan fingerprint density at radius 3 is 2.88 bits per heavy atom. The fraction of sp³-hybridized carbons (Fsp3) is 0.385. The normalized spacial score (nSPS) is 12.6. The first-order valence-corrected chi connectivity index (χ1v) is 7.52. The maximum absolute atomic E-state index is 5.24. The molecule has 0 aromatic carbocycles. The summed E-state index contributed by atoms with van der Waals surface area (Å²) in [4.78, 5) is 1.34. The molecule has 4 heteroatoms. The predicted molar refractivity (Wildman–Crippen MR) is 75.3 cm³/mol. The fourth-order valence-electron chi connectivity index (χ4n) is 1.79. The highest BCUT2D eigenvalue weighted by atomic mass is 32.1. The van der Waals surface area contributed by atoms with Crippen LogP contribution in [0.15, 0.2) is 28.3 Å². The molecule has 1 atom stereocenters. The highest BCUT2D eigenvalue weighted by molar-refractivity contribution is 7.10. The molecule has 0 radical (unpaired) electrons. The Hall–Kier alpha value is -0.840. The molecule has 1 unspecified atom stereocenters. The van der Waals surface area contributed by atoms with Gasteiger partial charge in [0.2, 0.25) is 0 Å². The lowest BCUT2D eigenvalue weighted by Gasteiger charge is -2.15. The van der Waals surface area contributed by atoms with E-state index in [4.69, 9.17) is 4.74 Å². The topological polar surface area (TPSA) is 21.3 Å². The quantitative estimate of drug-likeness (QED) is 0.861. The van der Waals surface area contributed by atoms with Gasteiger partial charge in [-0.15, -0.1) is 11.3 Å². The summed E-state index contributed by atoms with van der Waals surface area (Å²) in [7, 11) is 1.72. The Morgan fingerprint density at radius 2 is 2.29 bits per heavy atom. The lowest BCUT2D eigenvalue weighted by atomic mass is 10.1. The number of hydrogen-bond acceptors (Lipinski definition) is 4. The zero-order chi connectivity index (χ0) is 12.1. The highest BCUT2D eigenvalue weighted by Gasteiger charge is 2.14. The molecular formula is C13H17NOS2. The van der Waals surface area contributed by atoms with Gasteiger partial charge in [-0.2, -0.15) is 11.3 Å². The van der Waals surface area contributed by atoms with Crippen LogP contribution in [-0.4, -0.2) is 13.7 Å². The lowest BCUT2D eigenvalue weighted by molar-refractivity contribution is 0.415. The average Bonchev–Trinajstić information content (AvgIpc) is 2.99. The number of ether oxygens (including phenoxy) is 1. The molecule has 2 nitrogen and oxygen atoms in total. The van der Waals surface area contributed by atoms with Crippen molar-refractivity contribution in [1.29, 1.82) is 0 Å². The summed E-state index contributed by atoms with van der Waals surface area (Å²) in [5.74, 6) is 0.957. The Bertz CT molecular complexity index is 436. The summed E-state index contributed by atoms with van der Waals surface area (Å²) in [6, 6.07) is 4.72. The lowest BCUT2D eigenvalue weighted by Crippen LogP contribution is -2.21. The molecule has 0 aliphatic carbocycles. The third kappa shape index (κ3) is 3.31. The van der Waals surface area contributed by atoms with Crippen LogP contribution in [0.25, 0.3) is 0 Å². The summed E-state index contributed by atoms with van der Waals surface area (Å²) >= 11 is 3.52. The molecule has 2 rings (SSSR count). The molecule has 2 aromatic rings. The van der Waals surface area contributed by atoms with Gasteiger partial charge in [-0.1, -0.05) is 6.92 Å². The third-order valence-corrected chi connectivity index (χ3v) is 4.40. The van der Waals surface area contributed by atoms with Crippen molar-refractivity contribution >= 4 is 22.7 Å². The SMILES string of the molecule is CCNC(Cc1ccsc1)c1cc(OC)cs1. The van der Waals surface area contributed by atoms with Crippen molar-refractivity contribution in [3.63, 3.8) is 0 Å². The molecule has 0 aliphatic rings. The molecule has 0 aliphatic heterocycles. The standard InChI is InChI=1S/C13H17NOS2/c1-3-14-12(6-10-4-5-16-8-10)13-7-11(15-2)9-17-13/h4-5,7-9,12,14H,3,6H2,1-2H3. The number of rotatable bonds is 6. The molecule has 0 amide bonds. The zero-order valence-electron chi connectivity index (χ0n) is 10.1. The zero-order valence-corrected chi connectivity index (χ0v) is 11.7. The number of thiophene rings is 2. The highest BCUT2D eigenvalue weighted by Crippen LogP contribution is 2.29. The third-order valence-electron chi connectivity index (χ3n) is 2.65. The van der Waals surface area contributed by atoms with Crippen molar-refractivity contribution in [2.24, 2.45) is 0 Å². The van der Waals surface area contributed by atoms with E-state index in [2.05, 4.69) is 40.5 Å². The van der Waals surface area contributed by atoms with Gasteiger partial charge in [0.25, 0.3) is 0 Å². The first kappa shape index (κ1) is 12.6. The van der Waals surface area contributed by atoms with E-state index >= 15 is 0 Å². The largest absolute Gasteiger partial charge is 0.496 e. The van der Waals surface area contributed by atoms with Crippen LogP contribution < -0.4 is 10.1 Å². The summed E-state index contributed by atoms with van der Waals surface area (Å²) in [6.45, 7) is 3.13. The van der Waals surface area contributed by atoms with Crippen molar-refractivity contribution in [3.8, 4) is 5.75 Å². The van der Waals surface area contributed by atoms with Gasteiger partial charge in [-0.3, -0.25) is 0 Å². The summed E-state index contributed by atoms with van der Waals surface area (Å²) in [6.07, 6.45) is 1.04. The average molecular weight is 267 g/mol. The molecule has 92 valence electrons. The van der Waals surface area contributed by atoms with Crippen LogP contribution in [0.5, 0.6) is 5.75 Å². The Balaban J connectivity index is 2.10. The number of hydrogen-bond donors (Lipinski definition) is 1. The Morgan fingerprint density at radius 1 is 1.41 bits per heavy atom. The molecule has 2 heterocycles. The molecule has 0 saturated carbocycles. The molecule has 0 fully saturated rings. The van der Waals surface area contributed by atoms with Gasteiger partial charge in [0.15, 0.2) is 0 Å². The van der Waals surface area contributed by atoms with Crippen molar-refractivity contribution in [2.75, 3.05) is 13.7 Å². The van der Waals surface area contributed by atoms with E-state index in [9.17, 15) is 0 Å². The molecule has 0 spiro atoms. The maximum Gasteiger partial charge on any atom is 0.129 e. The summed E-state index contributed by atoms with van der Waals surface area (Å²) in [5.41, 5.74) is 1.40. The van der Waals surface area contributed by atoms with Gasteiger partial charge in [0, 0.05) is 16.3 Å². The van der Waals surface area contributed by atoms with Crippen LogP contribution in [0.4, 0.5) is 0 Å². The molecule has 0 saturated heterocycles.